The molecule has 39 heavy (non-hydrogen) atoms. The molecule has 3 N–H and O–H groups in total. The maximum atomic E-state index is 13.4. The van der Waals surface area contributed by atoms with Crippen LogP contribution in [0.4, 0.5) is 5.82 Å². The average Bonchev–Trinajstić information content (AvgIpc) is 3.42. The van der Waals surface area contributed by atoms with E-state index in [0.717, 1.165) is 0 Å². The molecule has 0 saturated heterocycles. The number of amides is 1. The topological polar surface area (TPSA) is 159 Å². The fourth-order valence-electron chi connectivity index (χ4n) is 3.96. The predicted octanol–water partition coefficient (Wildman–Crippen LogP) is 3.27. The van der Waals surface area contributed by atoms with E-state index < -0.39 is 28.7 Å². The lowest BCUT2D eigenvalue weighted by atomic mass is 9.89. The van der Waals surface area contributed by atoms with Crippen LogP contribution in [-0.2, 0) is 16.8 Å². The van der Waals surface area contributed by atoms with E-state index in [2.05, 4.69) is 25.5 Å². The maximum Gasteiger partial charge on any atom is 0.294 e. The third-order valence-corrected chi connectivity index (χ3v) is 6.48. The number of hydrogen-bond acceptors (Lipinski definition) is 9. The van der Waals surface area contributed by atoms with Crippen molar-refractivity contribution in [3.05, 3.63) is 87.7 Å². The number of nitrogens with one attached hydrogen (secondary N) is 1. The Balaban J connectivity index is 1.56. The zero-order valence-electron chi connectivity index (χ0n) is 21.9. The van der Waals surface area contributed by atoms with Crippen LogP contribution in [0.2, 0.25) is 5.02 Å². The molecule has 0 aliphatic rings. The summed E-state index contributed by atoms with van der Waals surface area (Å²) in [5, 5.41) is 11.2. The lowest BCUT2D eigenvalue weighted by molar-refractivity contribution is -0.122. The summed E-state index contributed by atoms with van der Waals surface area (Å²) in [5.74, 6) is -1.76. The third kappa shape index (κ3) is 5.88. The van der Waals surface area contributed by atoms with Gasteiger partial charge in [-0.2, -0.15) is 0 Å². The number of hydrogen-bond donors (Lipinski definition) is 2. The summed E-state index contributed by atoms with van der Waals surface area (Å²) in [6.45, 7) is 6.82. The van der Waals surface area contributed by atoms with E-state index in [1.807, 2.05) is 19.9 Å². The van der Waals surface area contributed by atoms with Crippen molar-refractivity contribution in [2.45, 2.75) is 45.7 Å². The summed E-state index contributed by atoms with van der Waals surface area (Å²) < 4.78 is 6.99. The number of halogens is 1. The minimum absolute atomic E-state index is 0.181. The van der Waals surface area contributed by atoms with Gasteiger partial charge < -0.3 is 15.5 Å². The summed E-state index contributed by atoms with van der Waals surface area (Å²) in [6, 6.07) is 11.5. The van der Waals surface area contributed by atoms with Crippen molar-refractivity contribution in [1.82, 2.24) is 30.0 Å². The van der Waals surface area contributed by atoms with Gasteiger partial charge >= 0.3 is 0 Å². The molecule has 1 amide bonds. The highest BCUT2D eigenvalue weighted by molar-refractivity contribution is 6.30. The van der Waals surface area contributed by atoms with Crippen molar-refractivity contribution >= 4 is 29.1 Å². The number of nitrogen functional groups attached to an aromatic ring is 1. The van der Waals surface area contributed by atoms with E-state index in [-0.39, 0.29) is 30.1 Å². The van der Waals surface area contributed by atoms with Crippen LogP contribution < -0.4 is 16.6 Å². The normalized spacial score (nSPS) is 12.4. The number of ketones is 1. The fraction of sp³-hybridized carbons (Fsp3) is 0.296. The quantitative estimate of drug-likeness (QED) is 0.299. The zero-order chi connectivity index (χ0) is 28.3. The van der Waals surface area contributed by atoms with Gasteiger partial charge in [-0.25, -0.2) is 4.98 Å². The van der Waals surface area contributed by atoms with Gasteiger partial charge in [0.25, 0.3) is 11.4 Å². The van der Waals surface area contributed by atoms with Gasteiger partial charge in [0.1, 0.15) is 6.54 Å². The molecule has 0 aliphatic carbocycles. The lowest BCUT2D eigenvalue weighted by Gasteiger charge is -2.21. The van der Waals surface area contributed by atoms with Crippen molar-refractivity contribution in [2.75, 3.05) is 5.73 Å². The molecule has 12 heteroatoms. The van der Waals surface area contributed by atoms with E-state index in [1.165, 1.54) is 17.0 Å². The van der Waals surface area contributed by atoms with E-state index in [1.54, 1.807) is 50.2 Å². The molecule has 0 saturated carbocycles. The van der Waals surface area contributed by atoms with E-state index in [4.69, 9.17) is 21.8 Å². The number of rotatable bonds is 9. The van der Waals surface area contributed by atoms with Gasteiger partial charge in [-0.1, -0.05) is 55.8 Å². The van der Waals surface area contributed by atoms with Crippen molar-refractivity contribution in [3.8, 4) is 11.3 Å². The maximum absolute atomic E-state index is 13.4. The third-order valence-electron chi connectivity index (χ3n) is 6.26. The molecule has 0 fully saturated rings. The van der Waals surface area contributed by atoms with Crippen LogP contribution in [0, 0.1) is 5.92 Å². The minimum Gasteiger partial charge on any atom is -0.417 e. The number of nitrogens with two attached hydrogens (primary N) is 1. The number of aromatic nitrogens is 5. The van der Waals surface area contributed by atoms with Gasteiger partial charge in [0.15, 0.2) is 5.82 Å². The fourth-order valence-corrected chi connectivity index (χ4v) is 4.07. The van der Waals surface area contributed by atoms with Crippen LogP contribution in [-0.4, -0.2) is 42.5 Å². The van der Waals surface area contributed by atoms with Crippen molar-refractivity contribution in [1.29, 1.82) is 0 Å². The molecule has 1 atom stereocenters. The number of benzene rings is 1. The largest absolute Gasteiger partial charge is 0.417 e. The molecule has 3 heterocycles. The summed E-state index contributed by atoms with van der Waals surface area (Å²) in [6.07, 6.45) is 2.94. The highest BCUT2D eigenvalue weighted by Gasteiger charge is 2.35. The molecule has 11 nitrogen and oxygen atoms in total. The molecule has 4 aromatic rings. The van der Waals surface area contributed by atoms with Gasteiger partial charge in [0.2, 0.25) is 17.6 Å². The van der Waals surface area contributed by atoms with Crippen molar-refractivity contribution in [3.63, 3.8) is 0 Å². The van der Waals surface area contributed by atoms with Crippen LogP contribution in [0.5, 0.6) is 0 Å². The van der Waals surface area contributed by atoms with Crippen LogP contribution >= 0.6 is 11.6 Å². The lowest BCUT2D eigenvalue weighted by Crippen LogP contribution is -2.46. The Morgan fingerprint density at radius 1 is 1.08 bits per heavy atom. The number of pyridine rings is 1. The molecule has 0 bridgehead atoms. The second-order valence-corrected chi connectivity index (χ2v) is 10.3. The smallest absolute Gasteiger partial charge is 0.294 e. The first kappa shape index (κ1) is 27.6. The highest BCUT2D eigenvalue weighted by Crippen LogP contribution is 2.30. The van der Waals surface area contributed by atoms with Crippen LogP contribution in [0.1, 0.15) is 50.0 Å². The molecule has 4 rings (SSSR count). The Kier molecular flexibility index (Phi) is 7.91. The Morgan fingerprint density at radius 3 is 2.44 bits per heavy atom. The highest BCUT2D eigenvalue weighted by atomic mass is 35.5. The number of carbonyl (C=O) groups excluding carboxylic acids is 2. The van der Waals surface area contributed by atoms with Gasteiger partial charge in [-0.05, 0) is 37.5 Å². The number of Topliss-reactive ketones (excluding diaryl/α,β-unsaturated/α-hetero) is 1. The molecule has 3 aromatic heterocycles. The Labute approximate surface area is 229 Å². The summed E-state index contributed by atoms with van der Waals surface area (Å²) in [7, 11) is 0. The first-order valence-electron chi connectivity index (χ1n) is 12.2. The average molecular weight is 550 g/mol. The molecule has 0 spiro atoms. The van der Waals surface area contributed by atoms with Crippen molar-refractivity contribution in [2.24, 2.45) is 5.92 Å². The molecule has 0 aliphatic heterocycles. The van der Waals surface area contributed by atoms with E-state index in [9.17, 15) is 14.4 Å². The SMILES string of the molecule is CC(C)[C@@H](NC(=O)Cn1c(-c2ccccc2)cnc(N)c1=O)C(=O)c1nnc(C(C)(C)c2ccc(Cl)cn2)o1. The monoisotopic (exact) mass is 549 g/mol. The van der Waals surface area contributed by atoms with Crippen molar-refractivity contribution < 1.29 is 14.0 Å². The second-order valence-electron chi connectivity index (χ2n) is 9.84. The number of nitrogens with zero attached hydrogens (tertiary/aromatic N) is 5. The second kappa shape index (κ2) is 11.2. The van der Waals surface area contributed by atoms with Gasteiger partial charge in [-0.3, -0.25) is 23.9 Å². The number of carbonyl (C=O) groups is 2. The van der Waals surface area contributed by atoms with Crippen LogP contribution in [0.3, 0.4) is 0 Å². The van der Waals surface area contributed by atoms with Crippen LogP contribution in [0.15, 0.2) is 64.1 Å². The minimum atomic E-state index is -0.988. The van der Waals surface area contributed by atoms with E-state index >= 15 is 0 Å². The van der Waals surface area contributed by atoms with E-state index in [0.29, 0.717) is 22.0 Å². The molecule has 1 aromatic carbocycles. The zero-order valence-corrected chi connectivity index (χ0v) is 22.6. The van der Waals surface area contributed by atoms with Gasteiger partial charge in [0.05, 0.1) is 34.1 Å². The molecule has 202 valence electrons. The molecular formula is C27H28ClN7O4. The Hall–Kier alpha value is -4.38. The molecule has 0 unspecified atom stereocenters. The Bertz CT molecular complexity index is 1550. The first-order valence-corrected chi connectivity index (χ1v) is 12.6. The van der Waals surface area contributed by atoms with Gasteiger partial charge in [-0.15, -0.1) is 10.2 Å². The molecular weight excluding hydrogens is 522 g/mol. The standard InChI is InChI=1S/C27H28ClN7O4/c1-15(2)21(22(37)24-33-34-26(39-24)27(3,4)19-11-10-17(28)12-30-19)32-20(36)14-35-18(13-31-23(29)25(35)38)16-8-6-5-7-9-16/h5-13,15,21H,14H2,1-4H3,(H2,29,31)(H,32,36)/t21-/m1/s1. The summed E-state index contributed by atoms with van der Waals surface area (Å²) in [5.41, 5.74) is 6.04. The molecule has 0 radical (unpaired) electrons. The van der Waals surface area contributed by atoms with Crippen LogP contribution in [0.25, 0.3) is 11.3 Å². The first-order chi connectivity index (χ1) is 18.5. The predicted molar refractivity (Wildman–Crippen MR) is 145 cm³/mol. The number of anilines is 1. The van der Waals surface area contributed by atoms with Gasteiger partial charge in [0, 0.05) is 6.20 Å². The summed E-state index contributed by atoms with van der Waals surface area (Å²) >= 11 is 5.95. The summed E-state index contributed by atoms with van der Waals surface area (Å²) in [4.78, 5) is 47.5. The Morgan fingerprint density at radius 2 is 1.79 bits per heavy atom.